The number of carboxylic acid groups (broad SMARTS) is 1. The van der Waals surface area contributed by atoms with Crippen LogP contribution in [-0.4, -0.2) is 63.5 Å². The first-order valence-electron chi connectivity index (χ1n) is 15.7. The van der Waals surface area contributed by atoms with Gasteiger partial charge in [-0.2, -0.15) is 0 Å². The number of aliphatic carboxylic acids is 1. The maximum Gasteiger partial charge on any atom is 0.303 e. The van der Waals surface area contributed by atoms with Crippen LogP contribution in [0.5, 0.6) is 0 Å². The number of unbranched alkanes of at least 4 members (excludes halogenated alkanes) is 3. The molecule has 50 heavy (non-hydrogen) atoms. The Morgan fingerprint density at radius 3 is 1.36 bits per heavy atom. The van der Waals surface area contributed by atoms with Crippen LogP contribution in [-0.2, 0) is 16.0 Å². The lowest BCUT2D eigenvalue weighted by molar-refractivity contribution is -0.137. The summed E-state index contributed by atoms with van der Waals surface area (Å²) < 4.78 is 0. The molecule has 0 saturated carbocycles. The summed E-state index contributed by atoms with van der Waals surface area (Å²) in [5.74, 6) is -1.97. The van der Waals surface area contributed by atoms with Gasteiger partial charge in [0.2, 0.25) is 5.91 Å². The number of carboxylic acids is 1. The van der Waals surface area contributed by atoms with Gasteiger partial charge in [0, 0.05) is 31.6 Å². The SMILES string of the molecule is C.C.C.C.CCCCc1ccc(NC(=O)CCCCN2C(=O)c3ccccc3C2=O)cc1.O=C(O)CCCCN1C(=O)c2ccccc2C1=O. The maximum absolute atomic E-state index is 12.3. The summed E-state index contributed by atoms with van der Waals surface area (Å²) >= 11 is 0. The molecule has 0 atom stereocenters. The van der Waals surface area contributed by atoms with Crippen molar-refractivity contribution in [2.45, 2.75) is 94.4 Å². The highest BCUT2D eigenvalue weighted by Crippen LogP contribution is 2.24. The first-order valence-corrected chi connectivity index (χ1v) is 15.7. The van der Waals surface area contributed by atoms with Crippen molar-refractivity contribution < 1.29 is 33.9 Å². The molecule has 5 amide bonds. The van der Waals surface area contributed by atoms with Gasteiger partial charge in [-0.15, -0.1) is 0 Å². The van der Waals surface area contributed by atoms with Crippen molar-refractivity contribution in [2.75, 3.05) is 18.4 Å². The standard InChI is InChI=1S/C23H26N2O3.C13H13NO4.4CH4/c1-2-3-8-17-12-14-18(15-13-17)24-21(26)11-6-7-16-25-22(27)19-9-4-5-10-20(19)23(25)28;15-11(16)7-3-4-8-14-12(17)9-5-1-2-6-10(9)13(14)18;;;;/h4-5,9-10,12-15H,2-3,6-8,11,16H2,1H3,(H,24,26);1-2,5-6H,3-4,7-8H2,(H,15,16);4*1H4. The third kappa shape index (κ3) is 11.5. The molecule has 3 aromatic rings. The molecule has 0 spiro atoms. The van der Waals surface area contributed by atoms with Gasteiger partial charge in [-0.05, 0) is 80.5 Å². The van der Waals surface area contributed by atoms with Crippen LogP contribution >= 0.6 is 0 Å². The monoisotopic (exact) mass is 689 g/mol. The molecule has 0 unspecified atom stereocenters. The third-order valence-corrected chi connectivity index (χ3v) is 7.87. The largest absolute Gasteiger partial charge is 0.481 e. The number of fused-ring (bicyclic) bond motifs is 2. The van der Waals surface area contributed by atoms with Crippen LogP contribution in [0, 0.1) is 0 Å². The van der Waals surface area contributed by atoms with Gasteiger partial charge >= 0.3 is 5.97 Å². The maximum atomic E-state index is 12.3. The molecule has 2 aliphatic heterocycles. The van der Waals surface area contributed by atoms with Crippen LogP contribution in [0.2, 0.25) is 0 Å². The van der Waals surface area contributed by atoms with Gasteiger partial charge in [-0.25, -0.2) is 0 Å². The van der Waals surface area contributed by atoms with E-state index in [1.165, 1.54) is 28.2 Å². The van der Waals surface area contributed by atoms with Gasteiger partial charge in [0.05, 0.1) is 22.3 Å². The number of hydrogen-bond donors (Lipinski definition) is 2. The minimum atomic E-state index is -0.864. The fourth-order valence-corrected chi connectivity index (χ4v) is 5.35. The zero-order valence-electron chi connectivity index (χ0n) is 26.0. The van der Waals surface area contributed by atoms with E-state index in [-0.39, 0.29) is 72.2 Å². The number of carbonyl (C=O) groups is 6. The van der Waals surface area contributed by atoms with Crippen LogP contribution < -0.4 is 5.32 Å². The molecule has 2 heterocycles. The number of amides is 5. The Kier molecular flexibility index (Phi) is 19.5. The molecule has 0 aliphatic carbocycles. The van der Waals surface area contributed by atoms with Crippen molar-refractivity contribution in [2.24, 2.45) is 0 Å². The first-order chi connectivity index (χ1) is 22.2. The lowest BCUT2D eigenvalue weighted by Crippen LogP contribution is -2.30. The number of hydrogen-bond acceptors (Lipinski definition) is 6. The Balaban J connectivity index is 0.000000959. The molecule has 10 nitrogen and oxygen atoms in total. The lowest BCUT2D eigenvalue weighted by Gasteiger charge is -2.13. The minimum Gasteiger partial charge on any atom is -0.481 e. The Labute approximate surface area is 297 Å². The van der Waals surface area contributed by atoms with Gasteiger partial charge < -0.3 is 10.4 Å². The molecular weight excluding hydrogens is 634 g/mol. The van der Waals surface area contributed by atoms with E-state index in [1.807, 2.05) is 24.3 Å². The topological polar surface area (TPSA) is 141 Å². The molecule has 0 aromatic heterocycles. The Morgan fingerprint density at radius 2 is 0.980 bits per heavy atom. The number of nitrogens with one attached hydrogen (secondary N) is 1. The Morgan fingerprint density at radius 1 is 0.580 bits per heavy atom. The first kappa shape index (κ1) is 44.9. The second kappa shape index (κ2) is 21.8. The average Bonchev–Trinajstić information content (AvgIpc) is 3.45. The van der Waals surface area contributed by atoms with E-state index in [0.717, 1.165) is 12.1 Å². The smallest absolute Gasteiger partial charge is 0.303 e. The zero-order chi connectivity index (χ0) is 33.1. The predicted molar refractivity (Wildman–Crippen MR) is 200 cm³/mol. The molecular formula is C40H55N3O7. The number of rotatable bonds is 14. The number of carbonyl (C=O) groups excluding carboxylic acids is 5. The summed E-state index contributed by atoms with van der Waals surface area (Å²) in [5, 5.41) is 11.4. The fourth-order valence-electron chi connectivity index (χ4n) is 5.35. The summed E-state index contributed by atoms with van der Waals surface area (Å²) in [7, 11) is 0. The number of nitrogens with zero attached hydrogens (tertiary/aromatic N) is 2. The molecule has 5 rings (SSSR count). The molecule has 0 radical (unpaired) electrons. The molecule has 2 aliphatic rings. The highest BCUT2D eigenvalue weighted by molar-refractivity contribution is 6.22. The van der Waals surface area contributed by atoms with Crippen molar-refractivity contribution in [1.29, 1.82) is 0 Å². The molecule has 0 saturated heterocycles. The summed E-state index contributed by atoms with van der Waals surface area (Å²) in [6.07, 6.45) is 6.01. The van der Waals surface area contributed by atoms with Crippen LogP contribution in [0.1, 0.15) is 135 Å². The van der Waals surface area contributed by atoms with Crippen LogP contribution in [0.25, 0.3) is 0 Å². The van der Waals surface area contributed by atoms with Crippen LogP contribution in [0.3, 0.4) is 0 Å². The summed E-state index contributed by atoms with van der Waals surface area (Å²) in [6.45, 7) is 2.79. The minimum absolute atomic E-state index is 0. The van der Waals surface area contributed by atoms with E-state index in [9.17, 15) is 28.8 Å². The normalized spacial score (nSPS) is 12.3. The molecule has 10 heteroatoms. The number of benzene rings is 3. The number of aryl methyl sites for hydroxylation is 1. The summed E-state index contributed by atoms with van der Waals surface area (Å²) in [6, 6.07) is 21.5. The third-order valence-electron chi connectivity index (χ3n) is 7.87. The van der Waals surface area contributed by atoms with E-state index >= 15 is 0 Å². The highest BCUT2D eigenvalue weighted by atomic mass is 16.4. The van der Waals surface area contributed by atoms with E-state index < -0.39 is 5.97 Å². The van der Waals surface area contributed by atoms with Crippen molar-refractivity contribution in [3.05, 3.63) is 101 Å². The van der Waals surface area contributed by atoms with Crippen molar-refractivity contribution in [1.82, 2.24) is 9.80 Å². The van der Waals surface area contributed by atoms with E-state index in [0.29, 0.717) is 60.9 Å². The van der Waals surface area contributed by atoms with E-state index in [4.69, 9.17) is 5.11 Å². The van der Waals surface area contributed by atoms with Crippen LogP contribution in [0.15, 0.2) is 72.8 Å². The van der Waals surface area contributed by atoms with Gasteiger partial charge in [0.25, 0.3) is 23.6 Å². The van der Waals surface area contributed by atoms with Crippen molar-refractivity contribution in [3.8, 4) is 0 Å². The predicted octanol–water partition coefficient (Wildman–Crippen LogP) is 8.52. The van der Waals surface area contributed by atoms with Crippen LogP contribution in [0.4, 0.5) is 5.69 Å². The summed E-state index contributed by atoms with van der Waals surface area (Å²) in [4.78, 5) is 73.4. The summed E-state index contributed by atoms with van der Waals surface area (Å²) in [5.41, 5.74) is 3.87. The second-order valence-corrected chi connectivity index (χ2v) is 11.3. The quantitative estimate of drug-likeness (QED) is 0.128. The molecule has 0 fully saturated rings. The average molecular weight is 690 g/mol. The Bertz CT molecular complexity index is 1530. The molecule has 272 valence electrons. The van der Waals surface area contributed by atoms with Gasteiger partial charge in [-0.3, -0.25) is 38.6 Å². The number of imide groups is 2. The van der Waals surface area contributed by atoms with E-state index in [2.05, 4.69) is 12.2 Å². The zero-order valence-corrected chi connectivity index (χ0v) is 26.0. The second-order valence-electron chi connectivity index (χ2n) is 11.3. The van der Waals surface area contributed by atoms with Gasteiger partial charge in [0.15, 0.2) is 0 Å². The van der Waals surface area contributed by atoms with E-state index in [1.54, 1.807) is 48.5 Å². The molecule has 0 bridgehead atoms. The van der Waals surface area contributed by atoms with Crippen molar-refractivity contribution in [3.63, 3.8) is 0 Å². The Hall–Kier alpha value is -5.12. The van der Waals surface area contributed by atoms with Gasteiger partial charge in [-0.1, -0.05) is 79.4 Å². The van der Waals surface area contributed by atoms with Gasteiger partial charge in [0.1, 0.15) is 0 Å². The number of anilines is 1. The molecule has 2 N–H and O–H groups in total. The van der Waals surface area contributed by atoms with Crippen molar-refractivity contribution >= 4 is 41.2 Å². The fraction of sp³-hybridized carbons (Fsp3) is 0.400. The highest BCUT2D eigenvalue weighted by Gasteiger charge is 2.35. The lowest BCUT2D eigenvalue weighted by atomic mass is 10.1. The molecule has 3 aromatic carbocycles.